The number of ether oxygens (including phenoxy) is 1. The summed E-state index contributed by atoms with van der Waals surface area (Å²) < 4.78 is 18.9. The van der Waals surface area contributed by atoms with E-state index in [4.69, 9.17) is 4.74 Å². The van der Waals surface area contributed by atoms with Gasteiger partial charge in [0.15, 0.2) is 17.5 Å². The molecule has 0 fully saturated rings. The number of halogens is 1. The van der Waals surface area contributed by atoms with Crippen LogP contribution in [0.2, 0.25) is 0 Å². The molecule has 2 atom stereocenters. The molecule has 6 heteroatoms. The van der Waals surface area contributed by atoms with Crippen molar-refractivity contribution in [3.8, 4) is 5.75 Å². The topological polar surface area (TPSA) is 65.9 Å². The number of aliphatic hydroxyl groups is 1. The summed E-state index contributed by atoms with van der Waals surface area (Å²) >= 11 is 0. The fourth-order valence-corrected chi connectivity index (χ4v) is 2.63. The van der Waals surface area contributed by atoms with E-state index in [-0.39, 0.29) is 18.3 Å². The third kappa shape index (κ3) is 5.96. The first kappa shape index (κ1) is 20.7. The predicted molar refractivity (Wildman–Crippen MR) is 107 cm³/mol. The maximum Gasteiger partial charge on any atom is 0.191 e. The van der Waals surface area contributed by atoms with E-state index in [1.54, 1.807) is 6.07 Å². The average molecular weight is 373 g/mol. The van der Waals surface area contributed by atoms with Crippen LogP contribution in [0.1, 0.15) is 42.7 Å². The zero-order chi connectivity index (χ0) is 19.8. The van der Waals surface area contributed by atoms with Crippen LogP contribution in [0.5, 0.6) is 5.75 Å². The van der Waals surface area contributed by atoms with Crippen LogP contribution in [0.15, 0.2) is 47.5 Å². The number of aliphatic hydroxyl groups excluding tert-OH is 1. The van der Waals surface area contributed by atoms with Crippen LogP contribution in [0.3, 0.4) is 0 Å². The van der Waals surface area contributed by atoms with Gasteiger partial charge >= 0.3 is 0 Å². The Balaban J connectivity index is 2.05. The highest BCUT2D eigenvalue weighted by Gasteiger charge is 2.12. The standard InChI is InChI=1S/C21H28FN3O2/c1-5-23-21(24-13-19(26)16-8-6-14(2)7-9-16)25-15(3)17-10-11-20(27-4)18(22)12-17/h6-12,15,19,26H,5,13H2,1-4H3,(H2,23,24,25). The van der Waals surface area contributed by atoms with E-state index in [2.05, 4.69) is 15.6 Å². The van der Waals surface area contributed by atoms with E-state index in [1.807, 2.05) is 51.1 Å². The Morgan fingerprint density at radius 1 is 1.19 bits per heavy atom. The molecular weight excluding hydrogens is 345 g/mol. The summed E-state index contributed by atoms with van der Waals surface area (Å²) in [7, 11) is 1.44. The van der Waals surface area contributed by atoms with E-state index in [0.717, 1.165) is 16.7 Å². The van der Waals surface area contributed by atoms with Gasteiger partial charge < -0.3 is 20.5 Å². The van der Waals surface area contributed by atoms with Gasteiger partial charge in [-0.2, -0.15) is 0 Å². The SMILES string of the molecule is CCNC(=NCC(O)c1ccc(C)cc1)NC(C)c1ccc(OC)c(F)c1. The van der Waals surface area contributed by atoms with Gasteiger partial charge in [-0.1, -0.05) is 35.9 Å². The summed E-state index contributed by atoms with van der Waals surface area (Å²) in [6, 6.07) is 12.4. The lowest BCUT2D eigenvalue weighted by atomic mass is 10.1. The minimum atomic E-state index is -0.685. The van der Waals surface area contributed by atoms with Crippen molar-refractivity contribution in [3.63, 3.8) is 0 Å². The maximum absolute atomic E-state index is 13.9. The first-order valence-corrected chi connectivity index (χ1v) is 9.07. The number of nitrogens with zero attached hydrogens (tertiary/aromatic N) is 1. The highest BCUT2D eigenvalue weighted by Crippen LogP contribution is 2.21. The molecule has 0 aromatic heterocycles. The van der Waals surface area contributed by atoms with Gasteiger partial charge in [0.25, 0.3) is 0 Å². The quantitative estimate of drug-likeness (QED) is 0.513. The smallest absolute Gasteiger partial charge is 0.191 e. The van der Waals surface area contributed by atoms with Gasteiger partial charge in [-0.15, -0.1) is 0 Å². The third-order valence-electron chi connectivity index (χ3n) is 4.26. The lowest BCUT2D eigenvalue weighted by Gasteiger charge is -2.19. The van der Waals surface area contributed by atoms with Gasteiger partial charge in [0.2, 0.25) is 0 Å². The molecule has 0 saturated heterocycles. The molecule has 0 aliphatic carbocycles. The van der Waals surface area contributed by atoms with Crippen LogP contribution in [-0.4, -0.2) is 31.3 Å². The molecule has 3 N–H and O–H groups in total. The van der Waals surface area contributed by atoms with Crippen molar-refractivity contribution in [2.24, 2.45) is 4.99 Å². The number of rotatable bonds is 7. The summed E-state index contributed by atoms with van der Waals surface area (Å²) in [6.45, 7) is 6.79. The lowest BCUT2D eigenvalue weighted by Crippen LogP contribution is -2.39. The molecule has 2 unspecified atom stereocenters. The van der Waals surface area contributed by atoms with Crippen molar-refractivity contribution >= 4 is 5.96 Å². The predicted octanol–water partition coefficient (Wildman–Crippen LogP) is 3.49. The fraction of sp³-hybridized carbons (Fsp3) is 0.381. The molecule has 27 heavy (non-hydrogen) atoms. The second-order valence-corrected chi connectivity index (χ2v) is 6.41. The number of methoxy groups -OCH3 is 1. The first-order valence-electron chi connectivity index (χ1n) is 9.07. The summed E-state index contributed by atoms with van der Waals surface area (Å²) in [5.41, 5.74) is 2.74. The van der Waals surface area contributed by atoms with Crippen LogP contribution in [-0.2, 0) is 0 Å². The van der Waals surface area contributed by atoms with Gasteiger partial charge in [0.1, 0.15) is 0 Å². The van der Waals surface area contributed by atoms with Crippen molar-refractivity contribution in [2.75, 3.05) is 20.2 Å². The normalized spacial score (nSPS) is 13.8. The Kier molecular flexibility index (Phi) is 7.61. The van der Waals surface area contributed by atoms with E-state index in [9.17, 15) is 9.50 Å². The summed E-state index contributed by atoms with van der Waals surface area (Å²) in [5, 5.41) is 16.7. The summed E-state index contributed by atoms with van der Waals surface area (Å²) in [6.07, 6.45) is -0.685. The van der Waals surface area contributed by atoms with E-state index >= 15 is 0 Å². The van der Waals surface area contributed by atoms with E-state index in [0.29, 0.717) is 12.5 Å². The third-order valence-corrected chi connectivity index (χ3v) is 4.26. The zero-order valence-corrected chi connectivity index (χ0v) is 16.3. The molecule has 0 aliphatic heterocycles. The molecule has 146 valence electrons. The van der Waals surface area contributed by atoms with Crippen molar-refractivity contribution in [1.29, 1.82) is 0 Å². The van der Waals surface area contributed by atoms with Crippen LogP contribution in [0.4, 0.5) is 4.39 Å². The van der Waals surface area contributed by atoms with Crippen LogP contribution >= 0.6 is 0 Å². The maximum atomic E-state index is 13.9. The van der Waals surface area contributed by atoms with Crippen LogP contribution in [0, 0.1) is 12.7 Å². The monoisotopic (exact) mass is 373 g/mol. The molecule has 0 bridgehead atoms. The number of aryl methyl sites for hydroxylation is 1. The van der Waals surface area contributed by atoms with E-state index in [1.165, 1.54) is 13.2 Å². The molecule has 0 heterocycles. The number of aliphatic imine (C=N–C) groups is 1. The summed E-state index contributed by atoms with van der Waals surface area (Å²) in [5.74, 6) is 0.375. The van der Waals surface area contributed by atoms with Crippen LogP contribution < -0.4 is 15.4 Å². The number of nitrogens with one attached hydrogen (secondary N) is 2. The largest absolute Gasteiger partial charge is 0.494 e. The average Bonchev–Trinajstić information content (AvgIpc) is 2.66. The molecule has 0 aliphatic rings. The van der Waals surface area contributed by atoms with Gasteiger partial charge in [0, 0.05) is 6.54 Å². The lowest BCUT2D eigenvalue weighted by molar-refractivity contribution is 0.187. The molecular formula is C21H28FN3O2. The number of benzene rings is 2. The zero-order valence-electron chi connectivity index (χ0n) is 16.3. The highest BCUT2D eigenvalue weighted by molar-refractivity contribution is 5.80. The first-order chi connectivity index (χ1) is 12.9. The molecule has 2 rings (SSSR count). The summed E-state index contributed by atoms with van der Waals surface area (Å²) in [4.78, 5) is 4.46. The second kappa shape index (κ2) is 9.92. The van der Waals surface area contributed by atoms with Crippen LogP contribution in [0.25, 0.3) is 0 Å². The Hall–Kier alpha value is -2.60. The van der Waals surface area contributed by atoms with Crippen molar-refractivity contribution < 1.29 is 14.2 Å². The molecule has 0 amide bonds. The molecule has 0 spiro atoms. The van der Waals surface area contributed by atoms with Gasteiger partial charge in [-0.25, -0.2) is 4.39 Å². The van der Waals surface area contributed by atoms with E-state index < -0.39 is 11.9 Å². The van der Waals surface area contributed by atoms with Gasteiger partial charge in [0.05, 0.1) is 25.8 Å². The minimum Gasteiger partial charge on any atom is -0.494 e. The second-order valence-electron chi connectivity index (χ2n) is 6.41. The molecule has 2 aromatic rings. The van der Waals surface area contributed by atoms with Gasteiger partial charge in [-0.3, -0.25) is 4.99 Å². The fourth-order valence-electron chi connectivity index (χ4n) is 2.63. The molecule has 0 saturated carbocycles. The van der Waals surface area contributed by atoms with Crippen molar-refractivity contribution in [3.05, 3.63) is 65.0 Å². The number of hydrogen-bond donors (Lipinski definition) is 3. The van der Waals surface area contributed by atoms with Crippen molar-refractivity contribution in [1.82, 2.24) is 10.6 Å². The minimum absolute atomic E-state index is 0.167. The molecule has 0 radical (unpaired) electrons. The molecule has 2 aromatic carbocycles. The molecule has 5 nitrogen and oxygen atoms in total. The number of guanidine groups is 1. The number of hydrogen-bond acceptors (Lipinski definition) is 3. The Labute approximate surface area is 160 Å². The Bertz CT molecular complexity index is 763. The highest BCUT2D eigenvalue weighted by atomic mass is 19.1. The Morgan fingerprint density at radius 3 is 2.44 bits per heavy atom. The van der Waals surface area contributed by atoms with Crippen molar-refractivity contribution in [2.45, 2.75) is 32.9 Å². The Morgan fingerprint density at radius 2 is 1.85 bits per heavy atom. The van der Waals surface area contributed by atoms with Gasteiger partial charge in [-0.05, 0) is 44.0 Å².